The molecule has 10 heteroatoms. The molecule has 0 unspecified atom stereocenters. The molecule has 0 aliphatic carbocycles. The highest BCUT2D eigenvalue weighted by Crippen LogP contribution is 2.38. The van der Waals surface area contributed by atoms with Crippen LogP contribution in [-0.2, 0) is 19.6 Å². The fourth-order valence-corrected chi connectivity index (χ4v) is 6.51. The van der Waals surface area contributed by atoms with Crippen LogP contribution in [0.5, 0.6) is 0 Å². The molecule has 0 bridgehead atoms. The number of sulfonamides is 1. The number of halogens is 1. The highest BCUT2D eigenvalue weighted by atomic mass is 35.5. The standard InChI is InChI=1S/C22H24ClN3O4S2/c1-14-3-5-17(11-15(14)2)32(29,30)26-9-7-25(8-10-26)21(27)13-20-22(28)24-18-12-16(23)4-6-19(18)31-20/h3-6,11-12,20H,7-10,13H2,1-2H3,(H,24,28)/t20-/m0/s1. The molecular weight excluding hydrogens is 470 g/mol. The number of carbonyl (C=O) groups excluding carboxylic acids is 2. The van der Waals surface area contributed by atoms with Gasteiger partial charge in [0.05, 0.1) is 15.8 Å². The van der Waals surface area contributed by atoms with E-state index in [0.29, 0.717) is 23.8 Å². The van der Waals surface area contributed by atoms with E-state index in [4.69, 9.17) is 11.6 Å². The topological polar surface area (TPSA) is 86.8 Å². The van der Waals surface area contributed by atoms with Crippen molar-refractivity contribution < 1.29 is 18.0 Å². The fourth-order valence-electron chi connectivity index (χ4n) is 3.75. The molecule has 2 aliphatic heterocycles. The lowest BCUT2D eigenvalue weighted by Gasteiger charge is -2.35. The molecule has 32 heavy (non-hydrogen) atoms. The van der Waals surface area contributed by atoms with Gasteiger partial charge in [-0.1, -0.05) is 17.7 Å². The molecule has 1 saturated heterocycles. The highest BCUT2D eigenvalue weighted by Gasteiger charge is 2.34. The van der Waals surface area contributed by atoms with Crippen LogP contribution in [0.25, 0.3) is 0 Å². The van der Waals surface area contributed by atoms with Gasteiger partial charge in [0.25, 0.3) is 0 Å². The Bertz CT molecular complexity index is 1180. The number of rotatable bonds is 4. The number of nitrogens with zero attached hydrogens (tertiary/aromatic N) is 2. The Morgan fingerprint density at radius 3 is 2.50 bits per heavy atom. The Kier molecular flexibility index (Phi) is 6.53. The summed E-state index contributed by atoms with van der Waals surface area (Å²) >= 11 is 7.32. The zero-order valence-electron chi connectivity index (χ0n) is 17.8. The molecule has 0 radical (unpaired) electrons. The van der Waals surface area contributed by atoms with Gasteiger partial charge in [0.15, 0.2) is 0 Å². The third-order valence-corrected chi connectivity index (χ3v) is 9.23. The minimum absolute atomic E-state index is 0.0580. The van der Waals surface area contributed by atoms with E-state index < -0.39 is 15.3 Å². The number of hydrogen-bond acceptors (Lipinski definition) is 5. The van der Waals surface area contributed by atoms with Crippen LogP contribution < -0.4 is 5.32 Å². The van der Waals surface area contributed by atoms with Crippen LogP contribution in [0.3, 0.4) is 0 Å². The normalized spacial score (nSPS) is 19.4. The van der Waals surface area contributed by atoms with Gasteiger partial charge < -0.3 is 10.2 Å². The fraction of sp³-hybridized carbons (Fsp3) is 0.364. The van der Waals surface area contributed by atoms with Crippen LogP contribution in [0.4, 0.5) is 5.69 Å². The number of benzene rings is 2. The van der Waals surface area contributed by atoms with Crippen LogP contribution in [-0.4, -0.2) is 60.9 Å². The summed E-state index contributed by atoms with van der Waals surface area (Å²) in [6.45, 7) is 4.88. The maximum Gasteiger partial charge on any atom is 0.243 e. The molecule has 2 aliphatic rings. The van der Waals surface area contributed by atoms with Gasteiger partial charge in [0.1, 0.15) is 0 Å². The van der Waals surface area contributed by atoms with E-state index >= 15 is 0 Å². The van der Waals surface area contributed by atoms with Crippen LogP contribution in [0.15, 0.2) is 46.2 Å². The van der Waals surface area contributed by atoms with Crippen molar-refractivity contribution in [1.29, 1.82) is 0 Å². The second-order valence-corrected chi connectivity index (χ2v) is 11.6. The molecule has 0 aromatic heterocycles. The average Bonchev–Trinajstić information content (AvgIpc) is 2.76. The number of hydrogen-bond donors (Lipinski definition) is 1. The zero-order valence-corrected chi connectivity index (χ0v) is 20.2. The van der Waals surface area contributed by atoms with Crippen molar-refractivity contribution in [2.24, 2.45) is 0 Å². The van der Waals surface area contributed by atoms with Gasteiger partial charge in [0, 0.05) is 42.5 Å². The molecule has 7 nitrogen and oxygen atoms in total. The number of fused-ring (bicyclic) bond motifs is 1. The van der Waals surface area contributed by atoms with E-state index in [2.05, 4.69) is 5.32 Å². The molecule has 1 fully saturated rings. The van der Waals surface area contributed by atoms with Gasteiger partial charge in [-0.3, -0.25) is 9.59 Å². The molecule has 4 rings (SSSR count). The summed E-state index contributed by atoms with van der Waals surface area (Å²) in [5.74, 6) is -0.382. The summed E-state index contributed by atoms with van der Waals surface area (Å²) in [5, 5.41) is 2.81. The van der Waals surface area contributed by atoms with Crippen molar-refractivity contribution in [2.45, 2.75) is 35.3 Å². The Morgan fingerprint density at radius 1 is 1.09 bits per heavy atom. The van der Waals surface area contributed by atoms with Gasteiger partial charge >= 0.3 is 0 Å². The van der Waals surface area contributed by atoms with E-state index in [1.165, 1.54) is 16.1 Å². The number of amides is 2. The molecule has 2 aromatic carbocycles. The molecule has 0 spiro atoms. The van der Waals surface area contributed by atoms with E-state index in [1.807, 2.05) is 19.9 Å². The predicted octanol–water partition coefficient (Wildman–Crippen LogP) is 3.29. The third kappa shape index (κ3) is 4.66. The molecule has 170 valence electrons. The van der Waals surface area contributed by atoms with Crippen LogP contribution in [0.2, 0.25) is 5.02 Å². The lowest BCUT2D eigenvalue weighted by molar-refractivity contribution is -0.133. The first-order valence-electron chi connectivity index (χ1n) is 10.3. The van der Waals surface area contributed by atoms with E-state index in [-0.39, 0.29) is 36.2 Å². The molecule has 0 saturated carbocycles. The third-order valence-electron chi connectivity index (χ3n) is 5.83. The number of nitrogens with one attached hydrogen (secondary N) is 1. The Balaban J connectivity index is 1.37. The van der Waals surface area contributed by atoms with Crippen LogP contribution >= 0.6 is 23.4 Å². The minimum atomic E-state index is -3.61. The summed E-state index contributed by atoms with van der Waals surface area (Å²) < 4.78 is 27.4. The first-order valence-corrected chi connectivity index (χ1v) is 13.0. The highest BCUT2D eigenvalue weighted by molar-refractivity contribution is 8.01. The molecule has 2 amide bonds. The van der Waals surface area contributed by atoms with Crippen molar-refractivity contribution in [2.75, 3.05) is 31.5 Å². The van der Waals surface area contributed by atoms with E-state index in [1.54, 1.807) is 35.2 Å². The van der Waals surface area contributed by atoms with Gasteiger partial charge in [-0.15, -0.1) is 11.8 Å². The number of aryl methyl sites for hydroxylation is 2. The number of thioether (sulfide) groups is 1. The molecule has 2 aromatic rings. The second kappa shape index (κ2) is 9.05. The SMILES string of the molecule is Cc1ccc(S(=O)(=O)N2CCN(C(=O)C[C@@H]3Sc4ccc(Cl)cc4NC3=O)CC2)cc1C. The minimum Gasteiger partial charge on any atom is -0.340 e. The average molecular weight is 494 g/mol. The summed E-state index contributed by atoms with van der Waals surface area (Å²) in [7, 11) is -3.61. The summed E-state index contributed by atoms with van der Waals surface area (Å²) in [6, 6.07) is 10.4. The second-order valence-electron chi connectivity index (χ2n) is 7.97. The van der Waals surface area contributed by atoms with Crippen LogP contribution in [0.1, 0.15) is 17.5 Å². The summed E-state index contributed by atoms with van der Waals surface area (Å²) in [6.07, 6.45) is 0.0580. The Labute approximate surface area is 197 Å². The molecule has 2 heterocycles. The number of anilines is 1. The van der Waals surface area contributed by atoms with Gasteiger partial charge in [0.2, 0.25) is 21.8 Å². The Hall–Kier alpha value is -2.07. The van der Waals surface area contributed by atoms with Gasteiger partial charge in [-0.25, -0.2) is 8.42 Å². The molecule has 1 atom stereocenters. The van der Waals surface area contributed by atoms with E-state index in [0.717, 1.165) is 16.0 Å². The monoisotopic (exact) mass is 493 g/mol. The van der Waals surface area contributed by atoms with Crippen molar-refractivity contribution in [1.82, 2.24) is 9.21 Å². The van der Waals surface area contributed by atoms with Gasteiger partial charge in [-0.05, 0) is 55.3 Å². The largest absolute Gasteiger partial charge is 0.340 e. The van der Waals surface area contributed by atoms with Crippen molar-refractivity contribution in [3.05, 3.63) is 52.5 Å². The summed E-state index contributed by atoms with van der Waals surface area (Å²) in [5.41, 5.74) is 2.61. The first-order chi connectivity index (χ1) is 15.1. The van der Waals surface area contributed by atoms with Crippen molar-refractivity contribution in [3.8, 4) is 0 Å². The van der Waals surface area contributed by atoms with Crippen molar-refractivity contribution in [3.63, 3.8) is 0 Å². The maximum atomic E-state index is 13.0. The lowest BCUT2D eigenvalue weighted by atomic mass is 10.1. The summed E-state index contributed by atoms with van der Waals surface area (Å²) in [4.78, 5) is 28.1. The maximum absolute atomic E-state index is 13.0. The number of piperazine rings is 1. The van der Waals surface area contributed by atoms with Crippen molar-refractivity contribution >= 4 is 50.9 Å². The number of carbonyl (C=O) groups is 2. The Morgan fingerprint density at radius 2 is 1.81 bits per heavy atom. The van der Waals surface area contributed by atoms with E-state index in [9.17, 15) is 18.0 Å². The quantitative estimate of drug-likeness (QED) is 0.706. The lowest BCUT2D eigenvalue weighted by Crippen LogP contribution is -2.51. The molecule has 1 N–H and O–H groups in total. The van der Waals surface area contributed by atoms with Crippen LogP contribution in [0, 0.1) is 13.8 Å². The van der Waals surface area contributed by atoms with Gasteiger partial charge in [-0.2, -0.15) is 4.31 Å². The zero-order chi connectivity index (χ0) is 23.0. The molecular formula is C22H24ClN3O4S2. The smallest absolute Gasteiger partial charge is 0.243 e. The first kappa shape index (κ1) is 23.1. The predicted molar refractivity (Wildman–Crippen MR) is 126 cm³/mol.